The van der Waals surface area contributed by atoms with Crippen molar-refractivity contribution in [2.45, 2.75) is 32.3 Å². The number of hydrogen-bond donors (Lipinski definition) is 0. The third-order valence-corrected chi connectivity index (χ3v) is 3.48. The van der Waals surface area contributed by atoms with Crippen LogP contribution in [0.5, 0.6) is 5.75 Å². The summed E-state index contributed by atoms with van der Waals surface area (Å²) >= 11 is 3.35. The van der Waals surface area contributed by atoms with Crippen LogP contribution in [0.3, 0.4) is 0 Å². The monoisotopic (exact) mass is 384 g/mol. The number of carbonyl (C=O) groups is 2. The Balaban J connectivity index is 2.03. The number of esters is 2. The summed E-state index contributed by atoms with van der Waals surface area (Å²) in [5, 5.41) is 0. The Hall–Kier alpha value is -1.86. The zero-order valence-corrected chi connectivity index (χ0v) is 14.3. The van der Waals surface area contributed by atoms with E-state index in [2.05, 4.69) is 15.9 Å². The van der Waals surface area contributed by atoms with Crippen molar-refractivity contribution in [2.24, 2.45) is 0 Å². The smallest absolute Gasteiger partial charge is 0.303 e. The van der Waals surface area contributed by atoms with E-state index in [0.717, 1.165) is 4.47 Å². The van der Waals surface area contributed by atoms with E-state index in [4.69, 9.17) is 18.9 Å². The van der Waals surface area contributed by atoms with E-state index < -0.39 is 30.4 Å². The van der Waals surface area contributed by atoms with Gasteiger partial charge in [0.25, 0.3) is 0 Å². The second-order valence-corrected chi connectivity index (χ2v) is 5.79. The average Bonchev–Trinajstić information content (AvgIpc) is 2.49. The number of carbonyl (C=O) groups excluding carboxylic acids is 2. The van der Waals surface area contributed by atoms with E-state index >= 15 is 0 Å². The summed E-state index contributed by atoms with van der Waals surface area (Å²) in [7, 11) is 0. The molecule has 0 saturated carbocycles. The van der Waals surface area contributed by atoms with Crippen LogP contribution in [0.2, 0.25) is 0 Å². The van der Waals surface area contributed by atoms with Gasteiger partial charge in [-0.1, -0.05) is 15.9 Å². The summed E-state index contributed by atoms with van der Waals surface area (Å²) in [5.74, 6) is -0.251. The third kappa shape index (κ3) is 5.69. The Bertz CT molecular complexity index is 583. The van der Waals surface area contributed by atoms with Crippen LogP contribution < -0.4 is 4.74 Å². The van der Waals surface area contributed by atoms with Crippen LogP contribution in [0, 0.1) is 0 Å². The molecule has 0 amide bonds. The first-order valence-electron chi connectivity index (χ1n) is 7.00. The van der Waals surface area contributed by atoms with E-state index in [-0.39, 0.29) is 6.61 Å². The molecule has 6 nitrogen and oxygen atoms in total. The third-order valence-electron chi connectivity index (χ3n) is 2.95. The van der Waals surface area contributed by atoms with Crippen LogP contribution in [0.1, 0.15) is 13.8 Å². The lowest BCUT2D eigenvalue weighted by molar-refractivity contribution is -0.178. The van der Waals surface area contributed by atoms with Crippen molar-refractivity contribution in [2.75, 3.05) is 6.61 Å². The predicted octanol–water partition coefficient (Wildman–Crippen LogP) is 2.60. The molecule has 0 saturated heterocycles. The van der Waals surface area contributed by atoms with Crippen LogP contribution >= 0.6 is 15.9 Å². The molecule has 1 aliphatic rings. The molecule has 0 radical (unpaired) electrons. The van der Waals surface area contributed by atoms with Crippen LogP contribution in [0.25, 0.3) is 0 Å². The molecule has 0 fully saturated rings. The number of rotatable bonds is 5. The van der Waals surface area contributed by atoms with Gasteiger partial charge in [-0.25, -0.2) is 0 Å². The van der Waals surface area contributed by atoms with Gasteiger partial charge in [0.05, 0.1) is 0 Å². The van der Waals surface area contributed by atoms with Gasteiger partial charge >= 0.3 is 11.9 Å². The standard InChI is InChI=1S/C16H17BrO6/c1-10(18)20-9-15-14(21-11(2)19)7-8-16(23-15)22-13-5-3-12(17)4-6-13/h3-8,14-16H,9H2,1-2H3. The van der Waals surface area contributed by atoms with Crippen LogP contribution in [0.15, 0.2) is 40.9 Å². The summed E-state index contributed by atoms with van der Waals surface area (Å²) in [6.45, 7) is 2.58. The highest BCUT2D eigenvalue weighted by atomic mass is 79.9. The molecule has 23 heavy (non-hydrogen) atoms. The highest BCUT2D eigenvalue weighted by Crippen LogP contribution is 2.22. The normalized spacial score (nSPS) is 23.2. The van der Waals surface area contributed by atoms with Gasteiger partial charge in [0.2, 0.25) is 6.29 Å². The molecule has 1 aromatic carbocycles. The van der Waals surface area contributed by atoms with Crippen LogP contribution in [-0.4, -0.2) is 37.0 Å². The lowest BCUT2D eigenvalue weighted by Crippen LogP contribution is -2.42. The fourth-order valence-electron chi connectivity index (χ4n) is 1.97. The van der Waals surface area contributed by atoms with Gasteiger partial charge in [0.15, 0.2) is 0 Å². The van der Waals surface area contributed by atoms with Gasteiger partial charge in [0.1, 0.15) is 24.6 Å². The van der Waals surface area contributed by atoms with E-state index in [9.17, 15) is 9.59 Å². The van der Waals surface area contributed by atoms with Gasteiger partial charge < -0.3 is 18.9 Å². The highest BCUT2D eigenvalue weighted by Gasteiger charge is 2.31. The average molecular weight is 385 g/mol. The second-order valence-electron chi connectivity index (χ2n) is 4.88. The first-order chi connectivity index (χ1) is 10.9. The Morgan fingerprint density at radius 2 is 1.83 bits per heavy atom. The van der Waals surface area contributed by atoms with Crippen molar-refractivity contribution in [1.29, 1.82) is 0 Å². The quantitative estimate of drug-likeness (QED) is 0.573. The van der Waals surface area contributed by atoms with Crippen molar-refractivity contribution >= 4 is 27.9 Å². The summed E-state index contributed by atoms with van der Waals surface area (Å²) in [6.07, 6.45) is 1.40. The Morgan fingerprint density at radius 3 is 2.43 bits per heavy atom. The largest absolute Gasteiger partial charge is 0.463 e. The first-order valence-corrected chi connectivity index (χ1v) is 7.80. The summed E-state index contributed by atoms with van der Waals surface area (Å²) in [4.78, 5) is 22.1. The van der Waals surface area contributed by atoms with Gasteiger partial charge in [-0.2, -0.15) is 0 Å². The zero-order chi connectivity index (χ0) is 16.8. The molecule has 3 atom stereocenters. The van der Waals surface area contributed by atoms with Gasteiger partial charge in [-0.05, 0) is 36.4 Å². The van der Waals surface area contributed by atoms with Crippen molar-refractivity contribution in [3.05, 3.63) is 40.9 Å². The molecular weight excluding hydrogens is 368 g/mol. The molecule has 1 aromatic rings. The van der Waals surface area contributed by atoms with Gasteiger partial charge in [0, 0.05) is 18.3 Å². The maximum Gasteiger partial charge on any atom is 0.303 e. The second kappa shape index (κ2) is 8.12. The fraction of sp³-hybridized carbons (Fsp3) is 0.375. The number of halogens is 1. The predicted molar refractivity (Wildman–Crippen MR) is 84.8 cm³/mol. The molecule has 124 valence electrons. The Labute approximate surface area is 142 Å². The molecule has 3 unspecified atom stereocenters. The summed E-state index contributed by atoms with van der Waals surface area (Å²) < 4.78 is 22.4. The van der Waals surface area contributed by atoms with E-state index in [1.807, 2.05) is 12.1 Å². The van der Waals surface area contributed by atoms with Crippen molar-refractivity contribution in [3.8, 4) is 5.75 Å². The van der Waals surface area contributed by atoms with E-state index in [1.165, 1.54) is 13.8 Å². The molecule has 0 bridgehead atoms. The minimum atomic E-state index is -0.663. The lowest BCUT2D eigenvalue weighted by atomic mass is 10.1. The Kier molecular flexibility index (Phi) is 6.18. The van der Waals surface area contributed by atoms with Crippen LogP contribution in [0.4, 0.5) is 0 Å². The molecule has 2 rings (SSSR count). The fourth-order valence-corrected chi connectivity index (χ4v) is 2.24. The number of hydrogen-bond acceptors (Lipinski definition) is 6. The number of benzene rings is 1. The highest BCUT2D eigenvalue weighted by molar-refractivity contribution is 9.10. The molecule has 0 spiro atoms. The van der Waals surface area contributed by atoms with Crippen molar-refractivity contribution in [1.82, 2.24) is 0 Å². The number of ether oxygens (including phenoxy) is 4. The Morgan fingerprint density at radius 1 is 1.13 bits per heavy atom. The van der Waals surface area contributed by atoms with Crippen molar-refractivity contribution in [3.63, 3.8) is 0 Å². The summed E-state index contributed by atoms with van der Waals surface area (Å²) in [5.41, 5.74) is 0. The molecule has 0 N–H and O–H groups in total. The maximum atomic E-state index is 11.1. The van der Waals surface area contributed by atoms with Crippen molar-refractivity contribution < 1.29 is 28.5 Å². The van der Waals surface area contributed by atoms with Gasteiger partial charge in [-0.3, -0.25) is 9.59 Å². The molecule has 1 aliphatic heterocycles. The topological polar surface area (TPSA) is 71.1 Å². The maximum absolute atomic E-state index is 11.1. The molecule has 7 heteroatoms. The summed E-state index contributed by atoms with van der Waals surface area (Å²) in [6, 6.07) is 7.28. The molecule has 0 aliphatic carbocycles. The van der Waals surface area contributed by atoms with E-state index in [0.29, 0.717) is 5.75 Å². The lowest BCUT2D eigenvalue weighted by Gasteiger charge is -2.31. The molecular formula is C16H17BrO6. The molecule has 1 heterocycles. The minimum absolute atomic E-state index is 0.0299. The van der Waals surface area contributed by atoms with Gasteiger partial charge in [-0.15, -0.1) is 0 Å². The SMILES string of the molecule is CC(=O)OCC1OC(Oc2ccc(Br)cc2)C=CC1OC(C)=O. The zero-order valence-electron chi connectivity index (χ0n) is 12.7. The van der Waals surface area contributed by atoms with Crippen LogP contribution in [-0.2, 0) is 23.8 Å². The molecule has 0 aromatic heterocycles. The first kappa shape index (κ1) is 17.5. The minimum Gasteiger partial charge on any atom is -0.463 e. The van der Waals surface area contributed by atoms with E-state index in [1.54, 1.807) is 24.3 Å².